The van der Waals surface area contributed by atoms with Crippen LogP contribution in [0.25, 0.3) is 0 Å². The van der Waals surface area contributed by atoms with Gasteiger partial charge in [0, 0.05) is 31.1 Å². The standard InChI is InChI=1S/C15H25N3S/c1-3-16-15(18-8-4-5-9-18)17-12-13(2)11-14-7-6-10-19-14/h6-7,10,13H,3-5,8-9,11-12H2,1-2H3,(H,16,17). The molecular weight excluding hydrogens is 254 g/mol. The third kappa shape index (κ3) is 4.53. The second-order valence-electron chi connectivity index (χ2n) is 5.28. The van der Waals surface area contributed by atoms with Crippen molar-refractivity contribution in [1.82, 2.24) is 10.2 Å². The Balaban J connectivity index is 1.86. The van der Waals surface area contributed by atoms with Gasteiger partial charge in [-0.1, -0.05) is 13.0 Å². The maximum Gasteiger partial charge on any atom is 0.193 e. The van der Waals surface area contributed by atoms with Crippen molar-refractivity contribution in [2.75, 3.05) is 26.2 Å². The number of thiophene rings is 1. The predicted octanol–water partition coefficient (Wildman–Crippen LogP) is 2.99. The van der Waals surface area contributed by atoms with E-state index in [0.717, 1.165) is 38.6 Å². The van der Waals surface area contributed by atoms with Crippen molar-refractivity contribution in [3.05, 3.63) is 22.4 Å². The first kappa shape index (κ1) is 14.4. The Kier molecular flexibility index (Phi) is 5.70. The van der Waals surface area contributed by atoms with E-state index in [1.807, 2.05) is 11.3 Å². The predicted molar refractivity (Wildman–Crippen MR) is 84.0 cm³/mol. The number of hydrogen-bond acceptors (Lipinski definition) is 2. The maximum atomic E-state index is 4.81. The molecule has 0 saturated carbocycles. The average Bonchev–Trinajstić information content (AvgIpc) is 3.07. The van der Waals surface area contributed by atoms with Crippen molar-refractivity contribution in [2.24, 2.45) is 10.9 Å². The van der Waals surface area contributed by atoms with Gasteiger partial charge in [0.05, 0.1) is 0 Å². The third-order valence-electron chi connectivity index (χ3n) is 3.42. The Morgan fingerprint density at radius 1 is 1.47 bits per heavy atom. The molecule has 1 aliphatic rings. The summed E-state index contributed by atoms with van der Waals surface area (Å²) in [6.07, 6.45) is 3.74. The van der Waals surface area contributed by atoms with Crippen molar-refractivity contribution in [1.29, 1.82) is 0 Å². The lowest BCUT2D eigenvalue weighted by Gasteiger charge is -2.21. The van der Waals surface area contributed by atoms with E-state index in [0.29, 0.717) is 5.92 Å². The molecule has 0 amide bonds. The van der Waals surface area contributed by atoms with Crippen molar-refractivity contribution in [3.8, 4) is 0 Å². The summed E-state index contributed by atoms with van der Waals surface area (Å²) < 4.78 is 0. The number of hydrogen-bond donors (Lipinski definition) is 1. The molecule has 106 valence electrons. The lowest BCUT2D eigenvalue weighted by atomic mass is 10.1. The first-order valence-electron chi connectivity index (χ1n) is 7.35. The molecule has 1 unspecified atom stereocenters. The van der Waals surface area contributed by atoms with E-state index < -0.39 is 0 Å². The van der Waals surface area contributed by atoms with E-state index in [1.54, 1.807) is 0 Å². The fraction of sp³-hybridized carbons (Fsp3) is 0.667. The molecule has 0 bridgehead atoms. The Bertz CT molecular complexity index is 380. The number of rotatable bonds is 5. The molecule has 0 spiro atoms. The Hall–Kier alpha value is -1.03. The Morgan fingerprint density at radius 3 is 2.89 bits per heavy atom. The van der Waals surface area contributed by atoms with Crippen molar-refractivity contribution in [3.63, 3.8) is 0 Å². The van der Waals surface area contributed by atoms with Crippen LogP contribution in [0.3, 0.4) is 0 Å². The third-order valence-corrected chi connectivity index (χ3v) is 4.32. The van der Waals surface area contributed by atoms with E-state index in [-0.39, 0.29) is 0 Å². The monoisotopic (exact) mass is 279 g/mol. The highest BCUT2D eigenvalue weighted by Gasteiger charge is 2.15. The second kappa shape index (κ2) is 7.53. The van der Waals surface area contributed by atoms with Gasteiger partial charge in [-0.2, -0.15) is 0 Å². The van der Waals surface area contributed by atoms with Crippen LogP contribution in [-0.2, 0) is 6.42 Å². The number of likely N-dealkylation sites (tertiary alicyclic amines) is 1. The van der Waals surface area contributed by atoms with Gasteiger partial charge in [0.15, 0.2) is 5.96 Å². The van der Waals surface area contributed by atoms with Gasteiger partial charge in [0.2, 0.25) is 0 Å². The van der Waals surface area contributed by atoms with Crippen LogP contribution >= 0.6 is 11.3 Å². The average molecular weight is 279 g/mol. The highest BCUT2D eigenvalue weighted by Crippen LogP contribution is 2.15. The van der Waals surface area contributed by atoms with Crippen LogP contribution in [0.2, 0.25) is 0 Å². The quantitative estimate of drug-likeness (QED) is 0.663. The topological polar surface area (TPSA) is 27.6 Å². The SMILES string of the molecule is CCNC(=NCC(C)Cc1cccs1)N1CCCC1. The van der Waals surface area contributed by atoms with E-state index in [4.69, 9.17) is 4.99 Å². The summed E-state index contributed by atoms with van der Waals surface area (Å²) in [5.74, 6) is 1.72. The smallest absolute Gasteiger partial charge is 0.193 e. The van der Waals surface area contributed by atoms with Gasteiger partial charge in [0.1, 0.15) is 0 Å². The van der Waals surface area contributed by atoms with E-state index in [1.165, 1.54) is 17.7 Å². The minimum atomic E-state index is 0.606. The van der Waals surface area contributed by atoms with Gasteiger partial charge in [-0.05, 0) is 43.6 Å². The fourth-order valence-electron chi connectivity index (χ4n) is 2.43. The molecule has 1 aliphatic heterocycles. The summed E-state index contributed by atoms with van der Waals surface area (Å²) in [4.78, 5) is 8.67. The van der Waals surface area contributed by atoms with E-state index in [9.17, 15) is 0 Å². The molecule has 19 heavy (non-hydrogen) atoms. The van der Waals surface area contributed by atoms with Gasteiger partial charge >= 0.3 is 0 Å². The van der Waals surface area contributed by atoms with E-state index >= 15 is 0 Å². The molecule has 0 aromatic carbocycles. The maximum absolute atomic E-state index is 4.81. The number of aliphatic imine (C=N–C) groups is 1. The Morgan fingerprint density at radius 2 is 2.26 bits per heavy atom. The summed E-state index contributed by atoms with van der Waals surface area (Å²) in [6, 6.07) is 4.35. The summed E-state index contributed by atoms with van der Waals surface area (Å²) in [7, 11) is 0. The van der Waals surface area contributed by atoms with Gasteiger partial charge in [0.25, 0.3) is 0 Å². The zero-order valence-corrected chi connectivity index (χ0v) is 12.9. The van der Waals surface area contributed by atoms with Crippen molar-refractivity contribution < 1.29 is 0 Å². The van der Waals surface area contributed by atoms with Gasteiger partial charge in [-0.15, -0.1) is 11.3 Å². The Labute approximate surface area is 120 Å². The molecule has 1 fully saturated rings. The summed E-state index contributed by atoms with van der Waals surface area (Å²) in [5.41, 5.74) is 0. The van der Waals surface area contributed by atoms with Crippen LogP contribution < -0.4 is 5.32 Å². The summed E-state index contributed by atoms with van der Waals surface area (Å²) in [5, 5.41) is 5.57. The fourth-order valence-corrected chi connectivity index (χ4v) is 3.30. The molecule has 1 N–H and O–H groups in total. The van der Waals surface area contributed by atoms with Crippen molar-refractivity contribution in [2.45, 2.75) is 33.1 Å². The molecule has 0 aliphatic carbocycles. The van der Waals surface area contributed by atoms with Crippen LogP contribution in [0.1, 0.15) is 31.6 Å². The lowest BCUT2D eigenvalue weighted by Crippen LogP contribution is -2.39. The summed E-state index contributed by atoms with van der Waals surface area (Å²) in [6.45, 7) is 8.61. The molecule has 1 aromatic heterocycles. The lowest BCUT2D eigenvalue weighted by molar-refractivity contribution is 0.487. The molecule has 1 atom stereocenters. The first-order valence-corrected chi connectivity index (χ1v) is 8.23. The molecule has 4 heteroatoms. The molecule has 1 aromatic rings. The summed E-state index contributed by atoms with van der Waals surface area (Å²) >= 11 is 1.85. The first-order chi connectivity index (χ1) is 9.29. The zero-order valence-electron chi connectivity index (χ0n) is 12.1. The minimum Gasteiger partial charge on any atom is -0.357 e. The van der Waals surface area contributed by atoms with Crippen LogP contribution in [0.5, 0.6) is 0 Å². The van der Waals surface area contributed by atoms with Crippen LogP contribution in [0, 0.1) is 5.92 Å². The molecule has 0 radical (unpaired) electrons. The minimum absolute atomic E-state index is 0.606. The van der Waals surface area contributed by atoms with Crippen LogP contribution in [0.4, 0.5) is 0 Å². The largest absolute Gasteiger partial charge is 0.357 e. The van der Waals surface area contributed by atoms with Gasteiger partial charge < -0.3 is 10.2 Å². The van der Waals surface area contributed by atoms with E-state index in [2.05, 4.69) is 41.6 Å². The number of guanidine groups is 1. The second-order valence-corrected chi connectivity index (χ2v) is 6.31. The number of nitrogens with zero attached hydrogens (tertiary/aromatic N) is 2. The zero-order chi connectivity index (χ0) is 13.5. The molecular formula is C15H25N3S. The highest BCUT2D eigenvalue weighted by molar-refractivity contribution is 7.09. The van der Waals surface area contributed by atoms with Crippen LogP contribution in [0.15, 0.2) is 22.5 Å². The number of nitrogens with one attached hydrogen (secondary N) is 1. The molecule has 3 nitrogen and oxygen atoms in total. The normalized spacial score (nSPS) is 17.8. The highest BCUT2D eigenvalue weighted by atomic mass is 32.1. The van der Waals surface area contributed by atoms with Gasteiger partial charge in [-0.3, -0.25) is 4.99 Å². The van der Waals surface area contributed by atoms with Gasteiger partial charge in [-0.25, -0.2) is 0 Å². The molecule has 1 saturated heterocycles. The van der Waals surface area contributed by atoms with Crippen molar-refractivity contribution >= 4 is 17.3 Å². The molecule has 2 rings (SSSR count). The molecule has 2 heterocycles. The van der Waals surface area contributed by atoms with Crippen LogP contribution in [-0.4, -0.2) is 37.0 Å².